The highest BCUT2D eigenvalue weighted by Gasteiger charge is 2.12. The van der Waals surface area contributed by atoms with Crippen LogP contribution in [-0.2, 0) is 4.74 Å². The monoisotopic (exact) mass is 382 g/mol. The third-order valence-electron chi connectivity index (χ3n) is 3.80. The predicted octanol–water partition coefficient (Wildman–Crippen LogP) is 5.10. The van der Waals surface area contributed by atoms with E-state index in [-0.39, 0.29) is 5.97 Å². The highest BCUT2D eigenvalue weighted by molar-refractivity contribution is 6.31. The molecular weight excluding hydrogens is 364 g/mol. The van der Waals surface area contributed by atoms with Gasteiger partial charge in [-0.3, -0.25) is 0 Å². The van der Waals surface area contributed by atoms with E-state index in [1.807, 2.05) is 31.2 Å². The van der Waals surface area contributed by atoms with E-state index in [9.17, 15) is 4.79 Å². The maximum atomic E-state index is 12.1. The van der Waals surface area contributed by atoms with E-state index in [0.29, 0.717) is 34.5 Å². The third-order valence-corrected chi connectivity index (χ3v) is 4.20. The van der Waals surface area contributed by atoms with Crippen LogP contribution in [-0.4, -0.2) is 22.5 Å². The molecular formula is C20H19ClN4O2. The van der Waals surface area contributed by atoms with Gasteiger partial charge in [-0.2, -0.15) is 0 Å². The van der Waals surface area contributed by atoms with Gasteiger partial charge in [0.05, 0.1) is 17.9 Å². The van der Waals surface area contributed by atoms with Gasteiger partial charge in [0.2, 0.25) is 0 Å². The van der Waals surface area contributed by atoms with Gasteiger partial charge >= 0.3 is 5.97 Å². The van der Waals surface area contributed by atoms with Crippen LogP contribution in [0.25, 0.3) is 0 Å². The fraction of sp³-hybridized carbons (Fsp3) is 0.150. The summed E-state index contributed by atoms with van der Waals surface area (Å²) in [5.41, 5.74) is 2.88. The zero-order valence-corrected chi connectivity index (χ0v) is 15.7. The molecule has 0 aliphatic rings. The molecule has 0 bridgehead atoms. The molecule has 3 rings (SSSR count). The van der Waals surface area contributed by atoms with Gasteiger partial charge in [0, 0.05) is 16.8 Å². The number of benzene rings is 2. The maximum absolute atomic E-state index is 12.1. The summed E-state index contributed by atoms with van der Waals surface area (Å²) in [5.74, 6) is 0.755. The van der Waals surface area contributed by atoms with Crippen LogP contribution in [0.5, 0.6) is 0 Å². The number of rotatable bonds is 6. The molecule has 0 fully saturated rings. The first kappa shape index (κ1) is 18.7. The summed E-state index contributed by atoms with van der Waals surface area (Å²) in [4.78, 5) is 20.5. The molecule has 0 saturated heterocycles. The van der Waals surface area contributed by atoms with Crippen molar-refractivity contribution in [2.45, 2.75) is 13.8 Å². The van der Waals surface area contributed by atoms with E-state index in [2.05, 4.69) is 20.6 Å². The number of aromatic nitrogens is 2. The summed E-state index contributed by atoms with van der Waals surface area (Å²) in [6, 6.07) is 14.5. The smallest absolute Gasteiger partial charge is 0.340 e. The zero-order valence-electron chi connectivity index (χ0n) is 15.0. The molecule has 0 radical (unpaired) electrons. The van der Waals surface area contributed by atoms with Gasteiger partial charge in [0.25, 0.3) is 0 Å². The predicted molar refractivity (Wildman–Crippen MR) is 107 cm³/mol. The van der Waals surface area contributed by atoms with Crippen LogP contribution >= 0.6 is 11.6 Å². The minimum absolute atomic E-state index is 0.313. The number of halogens is 1. The number of aryl methyl sites for hydroxylation is 1. The second-order valence-electron chi connectivity index (χ2n) is 5.77. The second kappa shape index (κ2) is 8.51. The van der Waals surface area contributed by atoms with Crippen molar-refractivity contribution in [2.75, 3.05) is 17.2 Å². The highest BCUT2D eigenvalue weighted by atomic mass is 35.5. The molecule has 6 nitrogen and oxygen atoms in total. The zero-order chi connectivity index (χ0) is 19.2. The van der Waals surface area contributed by atoms with Crippen molar-refractivity contribution in [3.05, 3.63) is 71.0 Å². The summed E-state index contributed by atoms with van der Waals surface area (Å²) < 4.78 is 5.09. The molecule has 138 valence electrons. The van der Waals surface area contributed by atoms with Crippen molar-refractivity contribution in [1.29, 1.82) is 0 Å². The number of carbonyl (C=O) groups excluding carboxylic acids is 1. The standard InChI is InChI=1S/C20H19ClN4O2/c1-3-27-20(26)15-6-4-5-7-17(15)25-19-11-18(22-12-23-19)24-14-9-8-13(2)16(21)10-14/h4-12H,3H2,1-2H3,(H2,22,23,24,25). The van der Waals surface area contributed by atoms with Gasteiger partial charge in [0.1, 0.15) is 18.0 Å². The first-order chi connectivity index (χ1) is 13.1. The molecule has 0 aliphatic heterocycles. The lowest BCUT2D eigenvalue weighted by atomic mass is 10.2. The highest BCUT2D eigenvalue weighted by Crippen LogP contribution is 2.25. The average Bonchev–Trinajstić information content (AvgIpc) is 2.66. The average molecular weight is 383 g/mol. The number of nitrogens with one attached hydrogen (secondary N) is 2. The Kier molecular flexibility index (Phi) is 5.88. The first-order valence-electron chi connectivity index (χ1n) is 8.45. The summed E-state index contributed by atoms with van der Waals surface area (Å²) in [5, 5.41) is 7.01. The largest absolute Gasteiger partial charge is 0.462 e. The first-order valence-corrected chi connectivity index (χ1v) is 8.83. The molecule has 27 heavy (non-hydrogen) atoms. The Morgan fingerprint density at radius 1 is 1.07 bits per heavy atom. The Labute approximate surface area is 162 Å². The molecule has 2 N–H and O–H groups in total. The van der Waals surface area contributed by atoms with Crippen molar-refractivity contribution < 1.29 is 9.53 Å². The molecule has 1 heterocycles. The minimum Gasteiger partial charge on any atom is -0.462 e. The minimum atomic E-state index is -0.387. The van der Waals surface area contributed by atoms with Crippen molar-refractivity contribution in [3.8, 4) is 0 Å². The lowest BCUT2D eigenvalue weighted by Gasteiger charge is -2.12. The van der Waals surface area contributed by atoms with Gasteiger partial charge in [-0.1, -0.05) is 29.8 Å². The molecule has 1 aromatic heterocycles. The molecule has 3 aromatic rings. The fourth-order valence-electron chi connectivity index (χ4n) is 2.43. The van der Waals surface area contributed by atoms with E-state index >= 15 is 0 Å². The number of esters is 1. The molecule has 7 heteroatoms. The lowest BCUT2D eigenvalue weighted by molar-refractivity contribution is 0.0527. The van der Waals surface area contributed by atoms with Gasteiger partial charge in [0.15, 0.2) is 0 Å². The summed E-state index contributed by atoms with van der Waals surface area (Å²) in [6.07, 6.45) is 1.44. The van der Waals surface area contributed by atoms with Crippen molar-refractivity contribution >= 4 is 40.6 Å². The van der Waals surface area contributed by atoms with Gasteiger partial charge in [-0.05, 0) is 43.7 Å². The molecule has 0 aliphatic carbocycles. The van der Waals surface area contributed by atoms with Crippen molar-refractivity contribution in [2.24, 2.45) is 0 Å². The van der Waals surface area contributed by atoms with Crippen LogP contribution in [0.15, 0.2) is 54.9 Å². The van der Waals surface area contributed by atoms with Crippen LogP contribution in [0.3, 0.4) is 0 Å². The fourth-order valence-corrected chi connectivity index (χ4v) is 2.61. The normalized spacial score (nSPS) is 10.3. The lowest BCUT2D eigenvalue weighted by Crippen LogP contribution is -2.08. The van der Waals surface area contributed by atoms with Crippen LogP contribution in [0, 0.1) is 6.92 Å². The number of ether oxygens (including phenoxy) is 1. The van der Waals surface area contributed by atoms with E-state index < -0.39 is 0 Å². The quantitative estimate of drug-likeness (QED) is 0.577. The van der Waals surface area contributed by atoms with Crippen molar-refractivity contribution in [3.63, 3.8) is 0 Å². The number of nitrogens with zero attached hydrogens (tertiary/aromatic N) is 2. The molecule has 0 amide bonds. The number of anilines is 4. The second-order valence-corrected chi connectivity index (χ2v) is 6.18. The molecule has 0 atom stereocenters. The Balaban J connectivity index is 1.80. The number of hydrogen-bond acceptors (Lipinski definition) is 6. The van der Waals surface area contributed by atoms with E-state index in [1.54, 1.807) is 31.2 Å². The van der Waals surface area contributed by atoms with Crippen LogP contribution < -0.4 is 10.6 Å². The Morgan fingerprint density at radius 2 is 1.81 bits per heavy atom. The van der Waals surface area contributed by atoms with Gasteiger partial charge in [-0.15, -0.1) is 0 Å². The maximum Gasteiger partial charge on any atom is 0.340 e. The van der Waals surface area contributed by atoms with Gasteiger partial charge < -0.3 is 15.4 Å². The Morgan fingerprint density at radius 3 is 2.56 bits per heavy atom. The van der Waals surface area contributed by atoms with Crippen LogP contribution in [0.2, 0.25) is 5.02 Å². The van der Waals surface area contributed by atoms with E-state index in [4.69, 9.17) is 16.3 Å². The Hall–Kier alpha value is -3.12. The molecule has 0 saturated carbocycles. The Bertz CT molecular complexity index is 962. The number of para-hydroxylation sites is 1. The van der Waals surface area contributed by atoms with Gasteiger partial charge in [-0.25, -0.2) is 14.8 Å². The molecule has 2 aromatic carbocycles. The SMILES string of the molecule is CCOC(=O)c1ccccc1Nc1cc(Nc2ccc(C)c(Cl)c2)ncn1. The van der Waals surface area contributed by atoms with Crippen molar-refractivity contribution in [1.82, 2.24) is 9.97 Å². The van der Waals surface area contributed by atoms with Crippen LogP contribution in [0.4, 0.5) is 23.0 Å². The topological polar surface area (TPSA) is 76.1 Å². The number of hydrogen-bond donors (Lipinski definition) is 2. The summed E-state index contributed by atoms with van der Waals surface area (Å²) >= 11 is 6.16. The summed E-state index contributed by atoms with van der Waals surface area (Å²) in [7, 11) is 0. The summed E-state index contributed by atoms with van der Waals surface area (Å²) in [6.45, 7) is 4.03. The van der Waals surface area contributed by atoms with E-state index in [0.717, 1.165) is 11.3 Å². The number of carbonyl (C=O) groups is 1. The third kappa shape index (κ3) is 4.74. The van der Waals surface area contributed by atoms with E-state index in [1.165, 1.54) is 6.33 Å². The molecule has 0 spiro atoms. The molecule has 0 unspecified atom stereocenters. The van der Waals surface area contributed by atoms with Crippen LogP contribution in [0.1, 0.15) is 22.8 Å².